The number of piperidine rings is 1. The van der Waals surface area contributed by atoms with Gasteiger partial charge in [0.1, 0.15) is 6.61 Å². The molecule has 0 radical (unpaired) electrons. The van der Waals surface area contributed by atoms with Gasteiger partial charge in [-0.2, -0.15) is 8.42 Å². The van der Waals surface area contributed by atoms with Crippen molar-refractivity contribution in [3.8, 4) is 0 Å². The first kappa shape index (κ1) is 19.5. The highest BCUT2D eigenvalue weighted by Gasteiger charge is 2.31. The predicted octanol–water partition coefficient (Wildman–Crippen LogP) is 2.96. The molecular weight excluding hydrogens is 342 g/mol. The molecular formula is C18H25NO5S. The van der Waals surface area contributed by atoms with Crippen molar-refractivity contribution in [2.45, 2.75) is 32.0 Å². The third-order valence-electron chi connectivity index (χ3n) is 4.23. The second-order valence-corrected chi connectivity index (χ2v) is 7.83. The van der Waals surface area contributed by atoms with Gasteiger partial charge in [0.2, 0.25) is 0 Å². The fraction of sp³-hybridized carbons (Fsp3) is 0.500. The van der Waals surface area contributed by atoms with E-state index in [1.165, 1.54) is 0 Å². The number of carbonyl (C=O) groups is 1. The molecule has 1 amide bonds. The van der Waals surface area contributed by atoms with E-state index in [1.54, 1.807) is 11.0 Å². The van der Waals surface area contributed by atoms with Crippen LogP contribution in [-0.4, -0.2) is 44.9 Å². The molecule has 6 nitrogen and oxygen atoms in total. The van der Waals surface area contributed by atoms with Crippen LogP contribution in [0.5, 0.6) is 0 Å². The summed E-state index contributed by atoms with van der Waals surface area (Å²) in [6.07, 6.45) is 3.77. The van der Waals surface area contributed by atoms with Crippen molar-refractivity contribution in [2.24, 2.45) is 5.92 Å². The van der Waals surface area contributed by atoms with Crippen LogP contribution in [0.25, 0.3) is 0 Å². The first-order chi connectivity index (χ1) is 11.9. The Labute approximate surface area is 149 Å². The molecule has 7 heteroatoms. The van der Waals surface area contributed by atoms with Gasteiger partial charge in [-0.25, -0.2) is 4.79 Å². The van der Waals surface area contributed by atoms with Gasteiger partial charge in [-0.1, -0.05) is 36.4 Å². The maximum absolute atomic E-state index is 12.2. The topological polar surface area (TPSA) is 72.9 Å². The van der Waals surface area contributed by atoms with E-state index in [4.69, 9.17) is 8.92 Å². The number of rotatable bonds is 7. The molecule has 1 unspecified atom stereocenters. The van der Waals surface area contributed by atoms with Crippen LogP contribution in [0.3, 0.4) is 0 Å². The molecule has 1 fully saturated rings. The summed E-state index contributed by atoms with van der Waals surface area (Å²) in [5.74, 6) is 0.0749. The molecule has 25 heavy (non-hydrogen) atoms. The number of amides is 1. The molecule has 0 aromatic heterocycles. The van der Waals surface area contributed by atoms with Crippen molar-refractivity contribution >= 4 is 16.2 Å². The van der Waals surface area contributed by atoms with Gasteiger partial charge in [-0.3, -0.25) is 4.18 Å². The molecule has 0 bridgehead atoms. The average molecular weight is 367 g/mol. The highest BCUT2D eigenvalue weighted by atomic mass is 32.2. The second-order valence-electron chi connectivity index (χ2n) is 6.23. The van der Waals surface area contributed by atoms with Gasteiger partial charge in [0, 0.05) is 13.1 Å². The van der Waals surface area contributed by atoms with E-state index in [9.17, 15) is 13.2 Å². The molecule has 138 valence electrons. The molecule has 1 aromatic rings. The molecule has 1 aliphatic heterocycles. The van der Waals surface area contributed by atoms with Crippen LogP contribution in [0.1, 0.15) is 24.8 Å². The van der Waals surface area contributed by atoms with Gasteiger partial charge in [0.15, 0.2) is 0 Å². The summed E-state index contributed by atoms with van der Waals surface area (Å²) in [5.41, 5.74) is 0.943. The van der Waals surface area contributed by atoms with Gasteiger partial charge >= 0.3 is 6.09 Å². The molecule has 1 atom stereocenters. The van der Waals surface area contributed by atoms with Crippen molar-refractivity contribution in [2.75, 3.05) is 19.3 Å². The Hall–Kier alpha value is -1.86. The minimum atomic E-state index is -3.52. The number of likely N-dealkylation sites (tertiary alicyclic amines) is 1. The van der Waals surface area contributed by atoms with Crippen molar-refractivity contribution in [1.82, 2.24) is 4.90 Å². The zero-order valence-electron chi connectivity index (χ0n) is 14.5. The van der Waals surface area contributed by atoms with E-state index < -0.39 is 16.2 Å². The van der Waals surface area contributed by atoms with E-state index in [1.807, 2.05) is 30.3 Å². The number of ether oxygens (including phenoxy) is 1. The number of hydrogen-bond donors (Lipinski definition) is 0. The monoisotopic (exact) mass is 367 g/mol. The Kier molecular flexibility index (Phi) is 7.01. The molecule has 1 saturated heterocycles. The lowest BCUT2D eigenvalue weighted by molar-refractivity contribution is 0.0583. The Balaban J connectivity index is 1.83. The number of carbonyl (C=O) groups excluding carboxylic acids is 1. The van der Waals surface area contributed by atoms with E-state index in [-0.39, 0.29) is 18.6 Å². The SMILES string of the molecule is C=CCC(OS(C)(=O)=O)C1CCN(C(=O)OCc2ccccc2)CC1. The third kappa shape index (κ3) is 6.51. The van der Waals surface area contributed by atoms with Crippen LogP contribution in [0.2, 0.25) is 0 Å². The highest BCUT2D eigenvalue weighted by Crippen LogP contribution is 2.26. The van der Waals surface area contributed by atoms with Crippen LogP contribution in [0, 0.1) is 5.92 Å². The first-order valence-corrected chi connectivity index (χ1v) is 10.2. The lowest BCUT2D eigenvalue weighted by atomic mass is 9.90. The fourth-order valence-electron chi connectivity index (χ4n) is 2.96. The van der Waals surface area contributed by atoms with Crippen LogP contribution in [0.4, 0.5) is 4.79 Å². The third-order valence-corrected chi connectivity index (χ3v) is 4.82. The minimum absolute atomic E-state index is 0.0749. The van der Waals surface area contributed by atoms with Gasteiger partial charge in [-0.15, -0.1) is 6.58 Å². The molecule has 1 aliphatic rings. The Morgan fingerprint density at radius 1 is 1.32 bits per heavy atom. The van der Waals surface area contributed by atoms with Crippen molar-refractivity contribution in [1.29, 1.82) is 0 Å². The molecule has 0 saturated carbocycles. The van der Waals surface area contributed by atoms with Crippen molar-refractivity contribution in [3.05, 3.63) is 48.6 Å². The summed E-state index contributed by atoms with van der Waals surface area (Å²) in [5, 5.41) is 0. The second kappa shape index (κ2) is 9.01. The van der Waals surface area contributed by atoms with Gasteiger partial charge in [0.25, 0.3) is 10.1 Å². The largest absolute Gasteiger partial charge is 0.445 e. The van der Waals surface area contributed by atoms with E-state index in [0.717, 1.165) is 11.8 Å². The van der Waals surface area contributed by atoms with Crippen LogP contribution < -0.4 is 0 Å². The highest BCUT2D eigenvalue weighted by molar-refractivity contribution is 7.86. The van der Waals surface area contributed by atoms with Crippen molar-refractivity contribution < 1.29 is 22.1 Å². The summed E-state index contributed by atoms with van der Waals surface area (Å²) in [7, 11) is -3.52. The maximum Gasteiger partial charge on any atom is 0.410 e. The van der Waals surface area contributed by atoms with Gasteiger partial charge in [0.05, 0.1) is 12.4 Å². The van der Waals surface area contributed by atoms with E-state index in [0.29, 0.717) is 32.4 Å². The number of hydrogen-bond acceptors (Lipinski definition) is 5. The standard InChI is InChI=1S/C18H25NO5S/c1-3-7-17(24-25(2,21)22)16-10-12-19(13-11-16)18(20)23-14-15-8-5-4-6-9-15/h3-6,8-9,16-17H,1,7,10-14H2,2H3. The Morgan fingerprint density at radius 3 is 2.52 bits per heavy atom. The molecule has 2 rings (SSSR count). The normalized spacial score (nSPS) is 17.1. The first-order valence-electron chi connectivity index (χ1n) is 8.34. The summed E-state index contributed by atoms with van der Waals surface area (Å²) in [6.45, 7) is 4.96. The summed E-state index contributed by atoms with van der Waals surface area (Å²) in [4.78, 5) is 13.8. The summed E-state index contributed by atoms with van der Waals surface area (Å²) < 4.78 is 33.3. The lowest BCUT2D eigenvalue weighted by Gasteiger charge is -2.34. The quantitative estimate of drug-likeness (QED) is 0.547. The Morgan fingerprint density at radius 2 is 1.96 bits per heavy atom. The summed E-state index contributed by atoms with van der Waals surface area (Å²) in [6, 6.07) is 9.52. The molecule has 0 spiro atoms. The van der Waals surface area contributed by atoms with E-state index >= 15 is 0 Å². The lowest BCUT2D eigenvalue weighted by Crippen LogP contribution is -2.42. The molecule has 1 aromatic carbocycles. The fourth-order valence-corrected chi connectivity index (χ4v) is 3.65. The number of benzene rings is 1. The van der Waals surface area contributed by atoms with Crippen LogP contribution in [0.15, 0.2) is 43.0 Å². The van der Waals surface area contributed by atoms with Gasteiger partial charge < -0.3 is 9.64 Å². The maximum atomic E-state index is 12.2. The van der Waals surface area contributed by atoms with E-state index in [2.05, 4.69) is 6.58 Å². The Bertz CT molecular complexity index is 666. The van der Waals surface area contributed by atoms with Crippen LogP contribution >= 0.6 is 0 Å². The summed E-state index contributed by atoms with van der Waals surface area (Å²) >= 11 is 0. The molecule has 0 aliphatic carbocycles. The zero-order chi connectivity index (χ0) is 18.3. The zero-order valence-corrected chi connectivity index (χ0v) is 15.3. The predicted molar refractivity (Wildman–Crippen MR) is 95.5 cm³/mol. The van der Waals surface area contributed by atoms with Crippen LogP contribution in [-0.2, 0) is 25.6 Å². The molecule has 1 heterocycles. The smallest absolute Gasteiger partial charge is 0.410 e. The van der Waals surface area contributed by atoms with Crippen molar-refractivity contribution in [3.63, 3.8) is 0 Å². The average Bonchev–Trinajstić information content (AvgIpc) is 2.59. The molecule has 0 N–H and O–H groups in total. The minimum Gasteiger partial charge on any atom is -0.445 e. The number of nitrogens with zero attached hydrogens (tertiary/aromatic N) is 1. The van der Waals surface area contributed by atoms with Gasteiger partial charge in [-0.05, 0) is 30.7 Å².